The number of rotatable bonds is 2. The zero-order chi connectivity index (χ0) is 11.8. The lowest BCUT2D eigenvalue weighted by Crippen LogP contribution is -2.01. The van der Waals surface area contributed by atoms with Gasteiger partial charge in [0.25, 0.3) is 0 Å². The second-order valence-electron chi connectivity index (χ2n) is 4.22. The van der Waals surface area contributed by atoms with E-state index in [0.717, 1.165) is 12.8 Å². The smallest absolute Gasteiger partial charge is 0.205 e. The molecule has 3 heteroatoms. The van der Waals surface area contributed by atoms with Gasteiger partial charge in [-0.05, 0) is 43.0 Å². The number of aryl methyl sites for hydroxylation is 2. The van der Waals surface area contributed by atoms with Crippen LogP contribution in [0.5, 0.6) is 0 Å². The van der Waals surface area contributed by atoms with Crippen LogP contribution in [0.3, 0.4) is 0 Å². The predicted octanol–water partition coefficient (Wildman–Crippen LogP) is 3.61. The first kappa shape index (κ1) is 10.7. The Kier molecular flexibility index (Phi) is 2.56. The molecule has 0 atom stereocenters. The Hall–Kier alpha value is -1.48. The average molecular weight is 246 g/mol. The van der Waals surface area contributed by atoms with Crippen molar-refractivity contribution in [2.24, 2.45) is 0 Å². The highest BCUT2D eigenvalue weighted by Gasteiger charge is 2.20. The summed E-state index contributed by atoms with van der Waals surface area (Å²) in [5.74, 6) is -0.631. The molecule has 1 nitrogen and oxygen atoms in total. The number of fused-ring (bicyclic) bond motifs is 1. The molecule has 0 unspecified atom stereocenters. The second kappa shape index (κ2) is 4.08. The van der Waals surface area contributed by atoms with Crippen LogP contribution < -0.4 is 0 Å². The van der Waals surface area contributed by atoms with Crippen LogP contribution >= 0.6 is 11.3 Å². The van der Waals surface area contributed by atoms with Crippen molar-refractivity contribution in [1.29, 1.82) is 0 Å². The number of halogens is 1. The monoisotopic (exact) mass is 246 g/mol. The second-order valence-corrected chi connectivity index (χ2v) is 5.36. The number of thiophene rings is 1. The average Bonchev–Trinajstić information content (AvgIpc) is 2.88. The quantitative estimate of drug-likeness (QED) is 0.740. The summed E-state index contributed by atoms with van der Waals surface area (Å²) in [6.45, 7) is 0. The summed E-state index contributed by atoms with van der Waals surface area (Å²) in [6.07, 6.45) is 3.29. The third-order valence-electron chi connectivity index (χ3n) is 3.09. The standard InChI is InChI=1S/C14H11FOS/c15-11-6-2-1-5-10(11)14(16)13-8-9-4-3-7-12(9)17-13/h1-2,5-6,8H,3-4,7H2. The molecule has 1 heterocycles. The van der Waals surface area contributed by atoms with Gasteiger partial charge < -0.3 is 0 Å². The molecular formula is C14H11FOS. The lowest BCUT2D eigenvalue weighted by Gasteiger charge is -1.99. The Bertz CT molecular complexity index is 564. The van der Waals surface area contributed by atoms with Crippen molar-refractivity contribution in [1.82, 2.24) is 0 Å². The summed E-state index contributed by atoms with van der Waals surface area (Å²) in [5.41, 5.74) is 1.45. The first-order valence-electron chi connectivity index (χ1n) is 5.66. The van der Waals surface area contributed by atoms with Crippen molar-refractivity contribution in [3.8, 4) is 0 Å². The summed E-state index contributed by atoms with van der Waals surface area (Å²) in [4.78, 5) is 14.1. The minimum atomic E-state index is -0.439. The van der Waals surface area contributed by atoms with E-state index >= 15 is 0 Å². The van der Waals surface area contributed by atoms with E-state index in [4.69, 9.17) is 0 Å². The molecule has 0 bridgehead atoms. The maximum absolute atomic E-state index is 13.5. The summed E-state index contributed by atoms with van der Waals surface area (Å²) in [6, 6.07) is 8.09. The molecule has 3 rings (SSSR count). The van der Waals surface area contributed by atoms with Crippen LogP contribution in [-0.4, -0.2) is 5.78 Å². The minimum Gasteiger partial charge on any atom is -0.288 e. The molecule has 0 aliphatic heterocycles. The van der Waals surface area contributed by atoms with Crippen LogP contribution in [0.15, 0.2) is 30.3 Å². The third kappa shape index (κ3) is 1.80. The molecule has 1 aromatic carbocycles. The van der Waals surface area contributed by atoms with E-state index in [1.165, 1.54) is 34.3 Å². The van der Waals surface area contributed by atoms with Gasteiger partial charge in [0.15, 0.2) is 0 Å². The molecule has 2 aromatic rings. The highest BCUT2D eigenvalue weighted by atomic mass is 32.1. The van der Waals surface area contributed by atoms with E-state index in [1.807, 2.05) is 6.07 Å². The lowest BCUT2D eigenvalue weighted by atomic mass is 10.1. The number of hydrogen-bond acceptors (Lipinski definition) is 2. The van der Waals surface area contributed by atoms with Gasteiger partial charge in [-0.3, -0.25) is 4.79 Å². The number of carbonyl (C=O) groups excluding carboxylic acids is 1. The summed E-state index contributed by atoms with van der Waals surface area (Å²) >= 11 is 1.52. The van der Waals surface area contributed by atoms with Crippen molar-refractivity contribution in [2.45, 2.75) is 19.3 Å². The van der Waals surface area contributed by atoms with Crippen LogP contribution in [0, 0.1) is 5.82 Å². The Morgan fingerprint density at radius 3 is 2.82 bits per heavy atom. The van der Waals surface area contributed by atoms with E-state index < -0.39 is 5.82 Å². The molecule has 17 heavy (non-hydrogen) atoms. The van der Waals surface area contributed by atoms with E-state index in [0.29, 0.717) is 4.88 Å². The number of ketones is 1. The van der Waals surface area contributed by atoms with Crippen LogP contribution in [0.1, 0.15) is 32.1 Å². The molecule has 0 amide bonds. The number of benzene rings is 1. The van der Waals surface area contributed by atoms with Gasteiger partial charge in [0.2, 0.25) is 5.78 Å². The fourth-order valence-electron chi connectivity index (χ4n) is 2.22. The molecule has 0 fully saturated rings. The maximum atomic E-state index is 13.5. The molecule has 0 saturated heterocycles. The van der Waals surface area contributed by atoms with Gasteiger partial charge >= 0.3 is 0 Å². The summed E-state index contributed by atoms with van der Waals surface area (Å²) < 4.78 is 13.5. The Balaban J connectivity index is 1.99. The van der Waals surface area contributed by atoms with Crippen LogP contribution in [0.2, 0.25) is 0 Å². The van der Waals surface area contributed by atoms with Gasteiger partial charge in [-0.2, -0.15) is 0 Å². The van der Waals surface area contributed by atoms with Gasteiger partial charge in [-0.1, -0.05) is 12.1 Å². The van der Waals surface area contributed by atoms with E-state index in [1.54, 1.807) is 18.2 Å². The summed E-state index contributed by atoms with van der Waals surface area (Å²) in [7, 11) is 0. The normalized spacial score (nSPS) is 13.7. The fourth-order valence-corrected chi connectivity index (χ4v) is 3.43. The van der Waals surface area contributed by atoms with Gasteiger partial charge in [0, 0.05) is 4.88 Å². The molecule has 1 aliphatic carbocycles. The molecule has 0 radical (unpaired) electrons. The van der Waals surface area contributed by atoms with Crippen LogP contribution in [-0.2, 0) is 12.8 Å². The molecule has 86 valence electrons. The Morgan fingerprint density at radius 2 is 2.06 bits per heavy atom. The zero-order valence-corrected chi connectivity index (χ0v) is 10.0. The highest BCUT2D eigenvalue weighted by Crippen LogP contribution is 2.32. The molecule has 0 spiro atoms. The first-order valence-corrected chi connectivity index (χ1v) is 6.48. The van der Waals surface area contributed by atoms with Gasteiger partial charge in [0.05, 0.1) is 10.4 Å². The van der Waals surface area contributed by atoms with E-state index in [9.17, 15) is 9.18 Å². The molecule has 1 aliphatic rings. The van der Waals surface area contributed by atoms with Gasteiger partial charge in [-0.15, -0.1) is 11.3 Å². The SMILES string of the molecule is O=C(c1cc2c(s1)CCC2)c1ccccc1F. The van der Waals surface area contributed by atoms with E-state index in [-0.39, 0.29) is 11.3 Å². The van der Waals surface area contributed by atoms with Gasteiger partial charge in [-0.25, -0.2) is 4.39 Å². The molecule has 1 aromatic heterocycles. The molecule has 0 N–H and O–H groups in total. The van der Waals surface area contributed by atoms with Crippen molar-refractivity contribution in [3.05, 3.63) is 57.0 Å². The zero-order valence-electron chi connectivity index (χ0n) is 9.20. The third-order valence-corrected chi connectivity index (χ3v) is 4.32. The van der Waals surface area contributed by atoms with Crippen molar-refractivity contribution in [2.75, 3.05) is 0 Å². The summed E-state index contributed by atoms with van der Waals surface area (Å²) in [5, 5.41) is 0. The molecule has 0 saturated carbocycles. The maximum Gasteiger partial charge on any atom is 0.205 e. The number of carbonyl (C=O) groups is 1. The van der Waals surface area contributed by atoms with Crippen LogP contribution in [0.25, 0.3) is 0 Å². The van der Waals surface area contributed by atoms with Gasteiger partial charge in [0.1, 0.15) is 5.82 Å². The minimum absolute atomic E-state index is 0.174. The van der Waals surface area contributed by atoms with Crippen molar-refractivity contribution in [3.63, 3.8) is 0 Å². The predicted molar refractivity (Wildman–Crippen MR) is 66.2 cm³/mol. The largest absolute Gasteiger partial charge is 0.288 e. The first-order chi connectivity index (χ1) is 8.25. The lowest BCUT2D eigenvalue weighted by molar-refractivity contribution is 0.103. The van der Waals surface area contributed by atoms with E-state index in [2.05, 4.69) is 0 Å². The topological polar surface area (TPSA) is 17.1 Å². The van der Waals surface area contributed by atoms with Crippen molar-refractivity contribution >= 4 is 17.1 Å². The van der Waals surface area contributed by atoms with Crippen LogP contribution in [0.4, 0.5) is 4.39 Å². The fraction of sp³-hybridized carbons (Fsp3) is 0.214. The number of hydrogen-bond donors (Lipinski definition) is 0. The Labute approximate surface area is 103 Å². The highest BCUT2D eigenvalue weighted by molar-refractivity contribution is 7.14. The van der Waals surface area contributed by atoms with Crippen molar-refractivity contribution < 1.29 is 9.18 Å². The Morgan fingerprint density at radius 1 is 1.24 bits per heavy atom. The molecular weight excluding hydrogens is 235 g/mol.